The Morgan fingerprint density at radius 1 is 1.27 bits per heavy atom. The van der Waals surface area contributed by atoms with Crippen molar-refractivity contribution in [3.05, 3.63) is 74.8 Å². The SMILES string of the molecule is Cc1nn(-c2ccc(C(=O)NCCc3cc(F)cc4c3OCOC4)cc2)c(C)c1Br. The number of rotatable bonds is 5. The van der Waals surface area contributed by atoms with Crippen LogP contribution in [0, 0.1) is 19.7 Å². The number of hydrogen-bond donors (Lipinski definition) is 1. The summed E-state index contributed by atoms with van der Waals surface area (Å²) in [4.78, 5) is 12.5. The van der Waals surface area contributed by atoms with Crippen LogP contribution in [0.1, 0.15) is 32.9 Å². The number of halogens is 2. The first-order valence-electron chi connectivity index (χ1n) is 9.56. The van der Waals surface area contributed by atoms with Crippen molar-refractivity contribution in [3.8, 4) is 11.4 Å². The maximum absolute atomic E-state index is 13.8. The van der Waals surface area contributed by atoms with Crippen LogP contribution in [0.3, 0.4) is 0 Å². The first kappa shape index (κ1) is 20.6. The van der Waals surface area contributed by atoms with E-state index < -0.39 is 0 Å². The minimum absolute atomic E-state index is 0.149. The maximum Gasteiger partial charge on any atom is 0.251 e. The molecule has 0 saturated carbocycles. The Bertz CT molecular complexity index is 1100. The Labute approximate surface area is 182 Å². The van der Waals surface area contributed by atoms with Gasteiger partial charge in [0, 0.05) is 17.7 Å². The van der Waals surface area contributed by atoms with Crippen molar-refractivity contribution in [3.63, 3.8) is 0 Å². The zero-order valence-electron chi connectivity index (χ0n) is 16.7. The lowest BCUT2D eigenvalue weighted by Crippen LogP contribution is -2.26. The quantitative estimate of drug-likeness (QED) is 0.601. The molecule has 0 saturated heterocycles. The van der Waals surface area contributed by atoms with Crippen LogP contribution in [-0.4, -0.2) is 29.0 Å². The Hall–Kier alpha value is -2.71. The zero-order valence-corrected chi connectivity index (χ0v) is 18.3. The largest absolute Gasteiger partial charge is 0.467 e. The van der Waals surface area contributed by atoms with E-state index in [1.807, 2.05) is 30.7 Å². The number of nitrogens with zero attached hydrogens (tertiary/aromatic N) is 2. The zero-order chi connectivity index (χ0) is 21.3. The number of benzene rings is 2. The Kier molecular flexibility index (Phi) is 5.87. The lowest BCUT2D eigenvalue weighted by Gasteiger charge is -2.21. The summed E-state index contributed by atoms with van der Waals surface area (Å²) in [7, 11) is 0. The third kappa shape index (κ3) is 4.11. The van der Waals surface area contributed by atoms with E-state index in [1.54, 1.807) is 12.1 Å². The second-order valence-corrected chi connectivity index (χ2v) is 7.91. The number of aromatic nitrogens is 2. The van der Waals surface area contributed by atoms with E-state index in [9.17, 15) is 9.18 Å². The minimum atomic E-state index is -0.337. The average molecular weight is 474 g/mol. The van der Waals surface area contributed by atoms with Crippen LogP contribution >= 0.6 is 15.9 Å². The van der Waals surface area contributed by atoms with Crippen molar-refractivity contribution in [1.29, 1.82) is 0 Å². The molecule has 1 aliphatic heterocycles. The molecule has 2 aromatic carbocycles. The average Bonchev–Trinajstić information content (AvgIpc) is 3.01. The molecule has 2 heterocycles. The number of aryl methyl sites for hydroxylation is 1. The number of ether oxygens (including phenoxy) is 2. The Morgan fingerprint density at radius 2 is 2.03 bits per heavy atom. The second-order valence-electron chi connectivity index (χ2n) is 7.11. The third-order valence-electron chi connectivity index (χ3n) is 5.01. The predicted octanol–water partition coefficient (Wildman–Crippen LogP) is 4.23. The van der Waals surface area contributed by atoms with Gasteiger partial charge in [0.2, 0.25) is 0 Å². The van der Waals surface area contributed by atoms with Gasteiger partial charge in [0.05, 0.1) is 28.2 Å². The summed E-state index contributed by atoms with van der Waals surface area (Å²) < 4.78 is 27.3. The van der Waals surface area contributed by atoms with Crippen molar-refractivity contribution in [2.45, 2.75) is 26.9 Å². The van der Waals surface area contributed by atoms with Gasteiger partial charge in [-0.3, -0.25) is 4.79 Å². The summed E-state index contributed by atoms with van der Waals surface area (Å²) in [6, 6.07) is 10.1. The molecule has 0 aliphatic carbocycles. The molecular formula is C22H21BrFN3O3. The molecule has 156 valence electrons. The fourth-order valence-corrected chi connectivity index (χ4v) is 3.73. The van der Waals surface area contributed by atoms with Crippen molar-refractivity contribution in [1.82, 2.24) is 15.1 Å². The molecule has 4 rings (SSSR count). The summed E-state index contributed by atoms with van der Waals surface area (Å²) in [5, 5.41) is 7.38. The van der Waals surface area contributed by atoms with Gasteiger partial charge >= 0.3 is 0 Å². The van der Waals surface area contributed by atoms with Gasteiger partial charge < -0.3 is 14.8 Å². The molecule has 3 aromatic rings. The lowest BCUT2D eigenvalue weighted by molar-refractivity contribution is -0.0172. The van der Waals surface area contributed by atoms with Crippen molar-refractivity contribution < 1.29 is 18.7 Å². The van der Waals surface area contributed by atoms with E-state index in [1.165, 1.54) is 12.1 Å². The van der Waals surface area contributed by atoms with E-state index in [2.05, 4.69) is 26.3 Å². The number of amides is 1. The highest BCUT2D eigenvalue weighted by Crippen LogP contribution is 2.29. The fourth-order valence-electron chi connectivity index (χ4n) is 3.48. The number of carbonyl (C=O) groups excluding carboxylic acids is 1. The molecule has 0 atom stereocenters. The number of carbonyl (C=O) groups is 1. The van der Waals surface area contributed by atoms with Crippen LogP contribution in [0.4, 0.5) is 4.39 Å². The van der Waals surface area contributed by atoms with Crippen LogP contribution in [-0.2, 0) is 17.8 Å². The molecule has 1 aliphatic rings. The lowest BCUT2D eigenvalue weighted by atomic mass is 10.1. The molecular weight excluding hydrogens is 453 g/mol. The van der Waals surface area contributed by atoms with Gasteiger partial charge in [-0.25, -0.2) is 9.07 Å². The van der Waals surface area contributed by atoms with Crippen LogP contribution in [0.25, 0.3) is 5.69 Å². The van der Waals surface area contributed by atoms with E-state index in [4.69, 9.17) is 9.47 Å². The molecule has 8 heteroatoms. The highest BCUT2D eigenvalue weighted by atomic mass is 79.9. The fraction of sp³-hybridized carbons (Fsp3) is 0.273. The van der Waals surface area contributed by atoms with Gasteiger partial charge in [-0.2, -0.15) is 5.10 Å². The Morgan fingerprint density at radius 3 is 2.73 bits per heavy atom. The molecule has 1 amide bonds. The standard InChI is InChI=1S/C22H21BrFN3O3/c1-13-20(23)14(2)27(26-13)19-5-3-15(4-6-19)22(28)25-8-7-16-9-18(24)10-17-11-29-12-30-21(16)17/h3-6,9-10H,7-8,11-12H2,1-2H3,(H,25,28). The van der Waals surface area contributed by atoms with Gasteiger partial charge in [-0.1, -0.05) is 0 Å². The first-order chi connectivity index (χ1) is 14.4. The summed E-state index contributed by atoms with van der Waals surface area (Å²) >= 11 is 3.52. The summed E-state index contributed by atoms with van der Waals surface area (Å²) in [5.41, 5.74) is 4.74. The van der Waals surface area contributed by atoms with Crippen molar-refractivity contribution in [2.75, 3.05) is 13.3 Å². The third-order valence-corrected chi connectivity index (χ3v) is 6.16. The number of fused-ring (bicyclic) bond motifs is 1. The monoisotopic (exact) mass is 473 g/mol. The molecule has 0 bridgehead atoms. The summed E-state index contributed by atoms with van der Waals surface area (Å²) in [6.07, 6.45) is 0.462. The highest BCUT2D eigenvalue weighted by Gasteiger charge is 2.17. The van der Waals surface area contributed by atoms with Crippen molar-refractivity contribution in [2.24, 2.45) is 0 Å². The maximum atomic E-state index is 13.8. The van der Waals surface area contributed by atoms with E-state index in [0.29, 0.717) is 36.4 Å². The molecule has 1 N–H and O–H groups in total. The van der Waals surface area contributed by atoms with E-state index in [0.717, 1.165) is 27.1 Å². The van der Waals surface area contributed by atoms with Gasteiger partial charge in [0.15, 0.2) is 6.79 Å². The van der Waals surface area contributed by atoms with Gasteiger partial charge in [0.25, 0.3) is 5.91 Å². The van der Waals surface area contributed by atoms with Crippen LogP contribution in [0.5, 0.6) is 5.75 Å². The smallest absolute Gasteiger partial charge is 0.251 e. The Balaban J connectivity index is 1.40. The highest BCUT2D eigenvalue weighted by molar-refractivity contribution is 9.10. The summed E-state index contributed by atoms with van der Waals surface area (Å²) in [5.74, 6) is 0.124. The number of hydrogen-bond acceptors (Lipinski definition) is 4. The van der Waals surface area contributed by atoms with Crippen molar-refractivity contribution >= 4 is 21.8 Å². The topological polar surface area (TPSA) is 65.4 Å². The summed E-state index contributed by atoms with van der Waals surface area (Å²) in [6.45, 7) is 4.75. The van der Waals surface area contributed by atoms with Crippen LogP contribution in [0.15, 0.2) is 40.9 Å². The van der Waals surface area contributed by atoms with Gasteiger partial charge in [-0.15, -0.1) is 0 Å². The second kappa shape index (κ2) is 8.57. The van der Waals surface area contributed by atoms with Gasteiger partial charge in [0.1, 0.15) is 11.6 Å². The predicted molar refractivity (Wildman–Crippen MR) is 113 cm³/mol. The molecule has 0 spiro atoms. The molecule has 1 aromatic heterocycles. The number of nitrogens with one attached hydrogen (secondary N) is 1. The van der Waals surface area contributed by atoms with E-state index >= 15 is 0 Å². The molecule has 6 nitrogen and oxygen atoms in total. The van der Waals surface area contributed by atoms with Crippen LogP contribution in [0.2, 0.25) is 0 Å². The molecule has 30 heavy (non-hydrogen) atoms. The first-order valence-corrected chi connectivity index (χ1v) is 10.4. The minimum Gasteiger partial charge on any atom is -0.467 e. The van der Waals surface area contributed by atoms with Crippen LogP contribution < -0.4 is 10.1 Å². The molecule has 0 fully saturated rings. The normalized spacial score (nSPS) is 12.9. The molecule has 0 radical (unpaired) electrons. The van der Waals surface area contributed by atoms with E-state index in [-0.39, 0.29) is 18.5 Å². The molecule has 0 unspecified atom stereocenters. The van der Waals surface area contributed by atoms with Gasteiger partial charge in [-0.05, 0) is 78.2 Å².